The van der Waals surface area contributed by atoms with E-state index in [1.807, 2.05) is 6.07 Å². The molecule has 5 heteroatoms. The van der Waals surface area contributed by atoms with Crippen molar-refractivity contribution in [2.45, 2.75) is 45.2 Å². The zero-order chi connectivity index (χ0) is 16.8. The van der Waals surface area contributed by atoms with Crippen LogP contribution in [0.5, 0.6) is 0 Å². The molecule has 0 saturated carbocycles. The molecule has 0 fully saturated rings. The molecule has 1 amide bonds. The van der Waals surface area contributed by atoms with Crippen molar-refractivity contribution in [3.8, 4) is 0 Å². The third-order valence-electron chi connectivity index (χ3n) is 4.20. The van der Waals surface area contributed by atoms with Gasteiger partial charge in [0, 0.05) is 18.2 Å². The lowest BCUT2D eigenvalue weighted by Crippen LogP contribution is -2.36. The number of aryl methyl sites for hydroxylation is 1. The summed E-state index contributed by atoms with van der Waals surface area (Å²) in [6.45, 7) is 4.48. The van der Waals surface area contributed by atoms with Crippen molar-refractivity contribution in [2.75, 3.05) is 6.61 Å². The van der Waals surface area contributed by atoms with E-state index < -0.39 is 5.91 Å². The maximum absolute atomic E-state index is 11.0. The maximum Gasteiger partial charge on any atom is 0.267 e. The number of carbonyl (C=O) groups is 1. The van der Waals surface area contributed by atoms with E-state index in [2.05, 4.69) is 31.3 Å². The Balaban J connectivity index is 2.06. The summed E-state index contributed by atoms with van der Waals surface area (Å²) in [6.07, 6.45) is 5.95. The fourth-order valence-electron chi connectivity index (χ4n) is 3.17. The zero-order valence-corrected chi connectivity index (χ0v) is 13.7. The van der Waals surface area contributed by atoms with Gasteiger partial charge in [0.1, 0.15) is 0 Å². The molecule has 4 N–H and O–H groups in total. The number of hydrogen-bond donors (Lipinski definition) is 4. The predicted octanol–water partition coefficient (Wildman–Crippen LogP) is 2.19. The van der Waals surface area contributed by atoms with Gasteiger partial charge in [0.15, 0.2) is 0 Å². The smallest absolute Gasteiger partial charge is 0.267 e. The monoisotopic (exact) mass is 318 g/mol. The first-order chi connectivity index (χ1) is 11.0. The number of carbonyl (C=O) groups excluding carboxylic acids is 1. The Morgan fingerprint density at radius 2 is 2.22 bits per heavy atom. The molecule has 1 aromatic rings. The number of aliphatic hydroxyl groups excluding tert-OH is 1. The van der Waals surface area contributed by atoms with Gasteiger partial charge in [0.2, 0.25) is 0 Å². The number of fused-ring (bicyclic) bond motifs is 1. The van der Waals surface area contributed by atoms with Crippen molar-refractivity contribution in [3.05, 3.63) is 41.0 Å². The quantitative estimate of drug-likeness (QED) is 0.353. The normalized spacial score (nSPS) is 18.4. The number of benzene rings is 1. The lowest BCUT2D eigenvalue weighted by atomic mass is 10.0. The van der Waals surface area contributed by atoms with Gasteiger partial charge in [-0.15, -0.1) is 0 Å². The van der Waals surface area contributed by atoms with Crippen LogP contribution in [0.25, 0.3) is 6.08 Å². The molecule has 0 bridgehead atoms. The summed E-state index contributed by atoms with van der Waals surface area (Å²) in [4.78, 5) is 11.0. The Hall–Kier alpha value is -1.69. The second-order valence-corrected chi connectivity index (χ2v) is 6.53. The number of hydrogen-bond acceptors (Lipinski definition) is 4. The summed E-state index contributed by atoms with van der Waals surface area (Å²) in [5.74, 6) is 0.00947. The van der Waals surface area contributed by atoms with Gasteiger partial charge in [-0.1, -0.05) is 32.0 Å². The van der Waals surface area contributed by atoms with Crippen molar-refractivity contribution in [1.82, 2.24) is 10.8 Å². The van der Waals surface area contributed by atoms with Gasteiger partial charge in [0.25, 0.3) is 5.91 Å². The number of hydroxylamine groups is 1. The molecule has 0 unspecified atom stereocenters. The molecule has 0 radical (unpaired) electrons. The molecule has 2 atom stereocenters. The SMILES string of the molecule is CC(C)C[C@@H](CO)N[C@@H]1CCc2cc(/C=C/C(=O)NO)ccc21. The molecule has 0 heterocycles. The predicted molar refractivity (Wildman–Crippen MR) is 89.9 cm³/mol. The molecular formula is C18H26N2O3. The molecule has 0 aromatic heterocycles. The lowest BCUT2D eigenvalue weighted by molar-refractivity contribution is -0.124. The summed E-state index contributed by atoms with van der Waals surface area (Å²) in [6, 6.07) is 6.53. The van der Waals surface area contributed by atoms with Crippen molar-refractivity contribution in [1.29, 1.82) is 0 Å². The summed E-state index contributed by atoms with van der Waals surface area (Å²) in [5, 5.41) is 21.6. The highest BCUT2D eigenvalue weighted by Gasteiger charge is 2.24. The molecular weight excluding hydrogens is 292 g/mol. The summed E-state index contributed by atoms with van der Waals surface area (Å²) in [5.41, 5.74) is 5.06. The van der Waals surface area contributed by atoms with Crippen LogP contribution in [0.3, 0.4) is 0 Å². The van der Waals surface area contributed by atoms with Gasteiger partial charge >= 0.3 is 0 Å². The van der Waals surface area contributed by atoms with Gasteiger partial charge < -0.3 is 10.4 Å². The van der Waals surface area contributed by atoms with Crippen LogP contribution >= 0.6 is 0 Å². The highest BCUT2D eigenvalue weighted by Crippen LogP contribution is 2.32. The van der Waals surface area contributed by atoms with Gasteiger partial charge in [0.05, 0.1) is 6.61 Å². The molecule has 23 heavy (non-hydrogen) atoms. The van der Waals surface area contributed by atoms with E-state index in [1.165, 1.54) is 17.2 Å². The van der Waals surface area contributed by atoms with Crippen LogP contribution in [0.1, 0.15) is 49.4 Å². The minimum absolute atomic E-state index is 0.124. The molecule has 5 nitrogen and oxygen atoms in total. The van der Waals surface area contributed by atoms with Gasteiger partial charge in [-0.05, 0) is 47.9 Å². The topological polar surface area (TPSA) is 81.6 Å². The van der Waals surface area contributed by atoms with Gasteiger partial charge in [-0.2, -0.15) is 0 Å². The van der Waals surface area contributed by atoms with E-state index in [4.69, 9.17) is 5.21 Å². The Labute approximate surface area is 137 Å². The van der Waals surface area contributed by atoms with E-state index in [1.54, 1.807) is 11.6 Å². The standard InChI is InChI=1S/C18H26N2O3/c1-12(2)9-15(11-21)19-17-7-5-14-10-13(3-6-16(14)17)4-8-18(22)20-23/h3-4,6,8,10,12,15,17,19,21,23H,5,7,9,11H2,1-2H3,(H,20,22)/b8-4+/t15-,17+/m0/s1. The first-order valence-electron chi connectivity index (χ1n) is 8.15. The Bertz CT molecular complexity index is 569. The van der Waals surface area contributed by atoms with Crippen LogP contribution in [0.2, 0.25) is 0 Å². The minimum atomic E-state index is -0.537. The van der Waals surface area contributed by atoms with E-state index in [-0.39, 0.29) is 18.7 Å². The van der Waals surface area contributed by atoms with Crippen LogP contribution in [0.4, 0.5) is 0 Å². The van der Waals surface area contributed by atoms with E-state index in [9.17, 15) is 9.90 Å². The fraction of sp³-hybridized carbons (Fsp3) is 0.500. The molecule has 0 spiro atoms. The second kappa shape index (κ2) is 8.24. The lowest BCUT2D eigenvalue weighted by Gasteiger charge is -2.23. The van der Waals surface area contributed by atoms with E-state index in [0.717, 1.165) is 24.8 Å². The number of amides is 1. The second-order valence-electron chi connectivity index (χ2n) is 6.53. The van der Waals surface area contributed by atoms with Crippen molar-refractivity contribution in [3.63, 3.8) is 0 Å². The molecule has 126 valence electrons. The summed E-state index contributed by atoms with van der Waals surface area (Å²) >= 11 is 0. The van der Waals surface area contributed by atoms with Crippen molar-refractivity contribution < 1.29 is 15.1 Å². The highest BCUT2D eigenvalue weighted by atomic mass is 16.5. The third-order valence-corrected chi connectivity index (χ3v) is 4.20. The molecule has 1 aliphatic rings. The van der Waals surface area contributed by atoms with Crippen LogP contribution in [-0.2, 0) is 11.2 Å². The summed E-state index contributed by atoms with van der Waals surface area (Å²) in [7, 11) is 0. The molecule has 1 aromatic carbocycles. The van der Waals surface area contributed by atoms with Crippen LogP contribution < -0.4 is 10.8 Å². The van der Waals surface area contributed by atoms with Crippen molar-refractivity contribution >= 4 is 12.0 Å². The van der Waals surface area contributed by atoms with Crippen molar-refractivity contribution in [2.24, 2.45) is 5.92 Å². The molecule has 0 aliphatic heterocycles. The molecule has 1 aliphatic carbocycles. The van der Waals surface area contributed by atoms with Crippen LogP contribution in [0.15, 0.2) is 24.3 Å². The highest BCUT2D eigenvalue weighted by molar-refractivity contribution is 5.90. The van der Waals surface area contributed by atoms with Gasteiger partial charge in [-0.3, -0.25) is 10.0 Å². The molecule has 2 rings (SSSR count). The first-order valence-corrected chi connectivity index (χ1v) is 8.15. The average molecular weight is 318 g/mol. The third kappa shape index (κ3) is 4.89. The number of rotatable bonds is 7. The fourth-order valence-corrected chi connectivity index (χ4v) is 3.17. The molecule has 0 saturated heterocycles. The van der Waals surface area contributed by atoms with E-state index in [0.29, 0.717) is 5.92 Å². The first kappa shape index (κ1) is 17.7. The zero-order valence-electron chi connectivity index (χ0n) is 13.7. The largest absolute Gasteiger partial charge is 0.395 e. The Morgan fingerprint density at radius 1 is 1.43 bits per heavy atom. The summed E-state index contributed by atoms with van der Waals surface area (Å²) < 4.78 is 0. The Kier molecular flexibility index (Phi) is 6.33. The number of nitrogens with one attached hydrogen (secondary N) is 2. The van der Waals surface area contributed by atoms with Crippen LogP contribution in [-0.4, -0.2) is 28.9 Å². The van der Waals surface area contributed by atoms with E-state index >= 15 is 0 Å². The van der Waals surface area contributed by atoms with Crippen LogP contribution in [0, 0.1) is 5.92 Å². The van der Waals surface area contributed by atoms with Gasteiger partial charge in [-0.25, -0.2) is 5.48 Å². The number of aliphatic hydroxyl groups is 1. The minimum Gasteiger partial charge on any atom is -0.395 e. The maximum atomic E-state index is 11.0. The Morgan fingerprint density at radius 3 is 2.87 bits per heavy atom. The average Bonchev–Trinajstić information content (AvgIpc) is 2.93.